The maximum atomic E-state index is 8.55. The Morgan fingerprint density at radius 1 is 1.19 bits per heavy atom. The van der Waals surface area contributed by atoms with Gasteiger partial charge < -0.3 is 0 Å². The van der Waals surface area contributed by atoms with Crippen molar-refractivity contribution in [3.05, 3.63) is 40.8 Å². The van der Waals surface area contributed by atoms with E-state index in [1.807, 2.05) is 30.0 Å². The second-order valence-corrected chi connectivity index (χ2v) is 5.34. The Balaban J connectivity index is 2.04. The standard InChI is InChI=1S/C12H15N3S/c13-15-14-11-8-4-5-9-12(11)16-10-6-2-1-3-7-10/h1-3,6-7,11-12H,4-5,8-9H2. The maximum Gasteiger partial charge on any atom is 0.0496 e. The molecular weight excluding hydrogens is 218 g/mol. The van der Waals surface area contributed by atoms with E-state index in [4.69, 9.17) is 5.53 Å². The highest BCUT2D eigenvalue weighted by Gasteiger charge is 2.24. The first-order valence-electron chi connectivity index (χ1n) is 5.66. The van der Waals surface area contributed by atoms with Gasteiger partial charge in [-0.1, -0.05) is 36.2 Å². The van der Waals surface area contributed by atoms with Crippen LogP contribution in [0.15, 0.2) is 40.3 Å². The van der Waals surface area contributed by atoms with Gasteiger partial charge in [0.05, 0.1) is 0 Å². The van der Waals surface area contributed by atoms with Crippen LogP contribution >= 0.6 is 11.8 Å². The van der Waals surface area contributed by atoms with E-state index in [0.29, 0.717) is 5.25 Å². The molecule has 0 radical (unpaired) electrons. The monoisotopic (exact) mass is 233 g/mol. The van der Waals surface area contributed by atoms with Crippen molar-refractivity contribution in [2.45, 2.75) is 41.9 Å². The minimum absolute atomic E-state index is 0.170. The molecule has 2 unspecified atom stereocenters. The SMILES string of the molecule is [N-]=[N+]=NC1CCCCC1Sc1ccccc1. The molecule has 0 amide bonds. The Kier molecular flexibility index (Phi) is 4.14. The number of thioether (sulfide) groups is 1. The van der Waals surface area contributed by atoms with Crippen LogP contribution in [0.1, 0.15) is 25.7 Å². The molecular formula is C12H15N3S. The molecule has 0 saturated heterocycles. The van der Waals surface area contributed by atoms with Crippen LogP contribution < -0.4 is 0 Å². The van der Waals surface area contributed by atoms with E-state index in [1.165, 1.54) is 17.7 Å². The zero-order chi connectivity index (χ0) is 11.2. The fourth-order valence-electron chi connectivity index (χ4n) is 2.09. The second kappa shape index (κ2) is 5.83. The minimum Gasteiger partial charge on any atom is -0.122 e. The Bertz CT molecular complexity index is 373. The van der Waals surface area contributed by atoms with Crippen LogP contribution in [0.4, 0.5) is 0 Å². The molecule has 0 bridgehead atoms. The Labute approximate surface area is 99.9 Å². The van der Waals surface area contributed by atoms with Gasteiger partial charge in [-0.05, 0) is 30.5 Å². The number of azide groups is 1. The zero-order valence-corrected chi connectivity index (χ0v) is 9.94. The van der Waals surface area contributed by atoms with E-state index in [-0.39, 0.29) is 6.04 Å². The van der Waals surface area contributed by atoms with Crippen molar-refractivity contribution in [2.75, 3.05) is 0 Å². The highest BCUT2D eigenvalue weighted by Crippen LogP contribution is 2.35. The Morgan fingerprint density at radius 3 is 2.69 bits per heavy atom. The summed E-state index contributed by atoms with van der Waals surface area (Å²) in [4.78, 5) is 4.23. The third kappa shape index (κ3) is 2.94. The van der Waals surface area contributed by atoms with Gasteiger partial charge >= 0.3 is 0 Å². The first kappa shape index (κ1) is 11.4. The van der Waals surface area contributed by atoms with E-state index in [9.17, 15) is 0 Å². The molecule has 2 atom stereocenters. The van der Waals surface area contributed by atoms with Crippen LogP contribution in [0, 0.1) is 0 Å². The van der Waals surface area contributed by atoms with Gasteiger partial charge in [0.1, 0.15) is 0 Å². The molecule has 1 fully saturated rings. The van der Waals surface area contributed by atoms with Crippen molar-refractivity contribution in [1.29, 1.82) is 0 Å². The van der Waals surface area contributed by atoms with Gasteiger partial charge in [0.25, 0.3) is 0 Å². The van der Waals surface area contributed by atoms with E-state index >= 15 is 0 Å². The highest BCUT2D eigenvalue weighted by molar-refractivity contribution is 8.00. The fourth-order valence-corrected chi connectivity index (χ4v) is 3.38. The lowest BCUT2D eigenvalue weighted by molar-refractivity contribution is 0.452. The molecule has 0 aromatic heterocycles. The lowest BCUT2D eigenvalue weighted by Gasteiger charge is -2.27. The third-order valence-corrected chi connectivity index (χ3v) is 4.30. The summed E-state index contributed by atoms with van der Waals surface area (Å²) in [5, 5.41) is 4.37. The molecule has 4 heteroatoms. The number of rotatable bonds is 3. The Hall–Kier alpha value is -1.12. The summed E-state index contributed by atoms with van der Waals surface area (Å²) in [6.07, 6.45) is 4.63. The first-order chi connectivity index (χ1) is 7.90. The first-order valence-corrected chi connectivity index (χ1v) is 6.54. The van der Waals surface area contributed by atoms with Gasteiger partial charge in [-0.2, -0.15) is 0 Å². The van der Waals surface area contributed by atoms with Gasteiger partial charge in [0.15, 0.2) is 0 Å². The van der Waals surface area contributed by atoms with Gasteiger partial charge in [-0.3, -0.25) is 0 Å². The van der Waals surface area contributed by atoms with Crippen LogP contribution in [0.5, 0.6) is 0 Å². The van der Waals surface area contributed by atoms with Crippen LogP contribution in [0.2, 0.25) is 0 Å². The second-order valence-electron chi connectivity index (χ2n) is 4.03. The molecule has 3 nitrogen and oxygen atoms in total. The van der Waals surface area contributed by atoms with E-state index in [0.717, 1.165) is 12.8 Å². The third-order valence-electron chi connectivity index (χ3n) is 2.90. The van der Waals surface area contributed by atoms with Gasteiger partial charge in [0, 0.05) is 21.1 Å². The van der Waals surface area contributed by atoms with E-state index in [2.05, 4.69) is 22.2 Å². The summed E-state index contributed by atoms with van der Waals surface area (Å²) in [5.41, 5.74) is 8.55. The van der Waals surface area contributed by atoms with Crippen molar-refractivity contribution >= 4 is 11.8 Å². The quantitative estimate of drug-likeness (QED) is 0.433. The topological polar surface area (TPSA) is 48.8 Å². The van der Waals surface area contributed by atoms with Gasteiger partial charge in [0.2, 0.25) is 0 Å². The molecule has 0 aliphatic heterocycles. The average molecular weight is 233 g/mol. The molecule has 1 aromatic carbocycles. The lowest BCUT2D eigenvalue weighted by Crippen LogP contribution is -2.24. The molecule has 1 saturated carbocycles. The molecule has 0 N–H and O–H groups in total. The average Bonchev–Trinajstić information content (AvgIpc) is 2.33. The summed E-state index contributed by atoms with van der Waals surface area (Å²) in [6, 6.07) is 10.5. The summed E-state index contributed by atoms with van der Waals surface area (Å²) in [6.45, 7) is 0. The van der Waals surface area contributed by atoms with E-state index in [1.54, 1.807) is 0 Å². The number of hydrogen-bond acceptors (Lipinski definition) is 2. The van der Waals surface area contributed by atoms with Crippen molar-refractivity contribution in [1.82, 2.24) is 0 Å². The van der Waals surface area contributed by atoms with Crippen LogP contribution in [-0.4, -0.2) is 11.3 Å². The van der Waals surface area contributed by atoms with E-state index < -0.39 is 0 Å². The summed E-state index contributed by atoms with van der Waals surface area (Å²) < 4.78 is 0. The fraction of sp³-hybridized carbons (Fsp3) is 0.500. The van der Waals surface area contributed by atoms with Crippen LogP contribution in [0.25, 0.3) is 10.4 Å². The molecule has 1 aliphatic rings. The predicted molar refractivity (Wildman–Crippen MR) is 67.5 cm³/mol. The highest BCUT2D eigenvalue weighted by atomic mass is 32.2. The molecule has 1 aromatic rings. The zero-order valence-electron chi connectivity index (χ0n) is 9.12. The molecule has 0 spiro atoms. The predicted octanol–water partition coefficient (Wildman–Crippen LogP) is 4.40. The lowest BCUT2D eigenvalue weighted by atomic mass is 9.96. The number of hydrogen-bond donors (Lipinski definition) is 0. The van der Waals surface area contributed by atoms with Crippen molar-refractivity contribution < 1.29 is 0 Å². The summed E-state index contributed by atoms with van der Waals surface area (Å²) in [7, 11) is 0. The van der Waals surface area contributed by atoms with Gasteiger partial charge in [-0.25, -0.2) is 0 Å². The molecule has 0 heterocycles. The minimum atomic E-state index is 0.170. The van der Waals surface area contributed by atoms with Crippen LogP contribution in [0.3, 0.4) is 0 Å². The number of nitrogens with zero attached hydrogens (tertiary/aromatic N) is 3. The molecule has 84 valence electrons. The van der Waals surface area contributed by atoms with Crippen molar-refractivity contribution in [2.24, 2.45) is 5.11 Å². The smallest absolute Gasteiger partial charge is 0.0496 e. The largest absolute Gasteiger partial charge is 0.122 e. The Morgan fingerprint density at radius 2 is 1.94 bits per heavy atom. The normalized spacial score (nSPS) is 24.8. The number of benzene rings is 1. The molecule has 2 rings (SSSR count). The maximum absolute atomic E-state index is 8.55. The van der Waals surface area contributed by atoms with Crippen LogP contribution in [-0.2, 0) is 0 Å². The molecule has 16 heavy (non-hydrogen) atoms. The summed E-state index contributed by atoms with van der Waals surface area (Å²) in [5.74, 6) is 0. The van der Waals surface area contributed by atoms with Crippen molar-refractivity contribution in [3.63, 3.8) is 0 Å². The van der Waals surface area contributed by atoms with Gasteiger partial charge in [-0.15, -0.1) is 11.8 Å². The molecule has 1 aliphatic carbocycles. The summed E-state index contributed by atoms with van der Waals surface area (Å²) >= 11 is 1.85. The van der Waals surface area contributed by atoms with Crippen molar-refractivity contribution in [3.8, 4) is 0 Å².